The fourth-order valence-corrected chi connectivity index (χ4v) is 6.03. The van der Waals surface area contributed by atoms with Crippen LogP contribution in [0.25, 0.3) is 0 Å². The minimum atomic E-state index is -3.61. The zero-order valence-corrected chi connectivity index (χ0v) is 22.8. The Balaban J connectivity index is 1.45. The number of carbonyl (C=O) groups excluding carboxylic acids is 1. The number of rotatable bonds is 11. The number of unbranched alkanes of at least 4 members (excludes halogenated alkanes) is 1. The van der Waals surface area contributed by atoms with E-state index in [1.807, 2.05) is 0 Å². The Bertz CT molecular complexity index is 1160. The summed E-state index contributed by atoms with van der Waals surface area (Å²) in [4.78, 5) is 22.3. The number of morpholine rings is 1. The average Bonchev–Trinajstić information content (AvgIpc) is 2.94. The molecule has 38 heavy (non-hydrogen) atoms. The second-order valence-electron chi connectivity index (χ2n) is 9.89. The van der Waals surface area contributed by atoms with Crippen LogP contribution in [-0.4, -0.2) is 74.0 Å². The molecule has 1 aromatic heterocycles. The van der Waals surface area contributed by atoms with Gasteiger partial charge in [-0.25, -0.2) is 13.4 Å². The first-order chi connectivity index (χ1) is 18.4. The largest absolute Gasteiger partial charge is 0.379 e. The van der Waals surface area contributed by atoms with E-state index in [0.717, 1.165) is 45.1 Å². The number of nitrogens with one attached hydrogen (secondary N) is 3. The third-order valence-corrected chi connectivity index (χ3v) is 8.93. The summed E-state index contributed by atoms with van der Waals surface area (Å²) in [7, 11) is -3.61. The molecule has 0 bridgehead atoms. The summed E-state index contributed by atoms with van der Waals surface area (Å²) in [5.74, 6) is 1.04. The second-order valence-corrected chi connectivity index (χ2v) is 11.8. The maximum absolute atomic E-state index is 13.2. The molecule has 208 valence electrons. The molecule has 12 heteroatoms. The minimum absolute atomic E-state index is 0.179. The van der Waals surface area contributed by atoms with E-state index in [9.17, 15) is 13.2 Å². The number of sulfonamides is 1. The number of nitrogens with zero attached hydrogens (tertiary/aromatic N) is 3. The number of amides is 1. The number of benzene rings is 1. The molecule has 4 rings (SSSR count). The van der Waals surface area contributed by atoms with Gasteiger partial charge in [-0.3, -0.25) is 4.79 Å². The molecule has 0 radical (unpaired) electrons. The van der Waals surface area contributed by atoms with E-state index < -0.39 is 10.0 Å². The van der Waals surface area contributed by atoms with Crippen LogP contribution >= 0.6 is 0 Å². The number of carbonyl (C=O) groups is 1. The first-order valence-electron chi connectivity index (χ1n) is 13.5. The Hall–Kier alpha value is -2.80. The van der Waals surface area contributed by atoms with Gasteiger partial charge < -0.3 is 26.4 Å². The van der Waals surface area contributed by atoms with Crippen molar-refractivity contribution in [2.45, 2.75) is 56.4 Å². The van der Waals surface area contributed by atoms with Gasteiger partial charge in [0.1, 0.15) is 11.4 Å². The zero-order chi connectivity index (χ0) is 27.0. The summed E-state index contributed by atoms with van der Waals surface area (Å²) < 4.78 is 32.4. The predicted molar refractivity (Wildman–Crippen MR) is 148 cm³/mol. The molecule has 0 unspecified atom stereocenters. The van der Waals surface area contributed by atoms with E-state index in [4.69, 9.17) is 10.5 Å². The molecule has 1 saturated heterocycles. The van der Waals surface area contributed by atoms with Crippen LogP contribution in [-0.2, 0) is 14.8 Å². The van der Waals surface area contributed by atoms with Crippen LogP contribution in [0.4, 0.5) is 17.5 Å². The molecule has 1 aliphatic heterocycles. The van der Waals surface area contributed by atoms with Gasteiger partial charge in [-0.05, 0) is 62.3 Å². The van der Waals surface area contributed by atoms with E-state index in [1.54, 1.807) is 12.1 Å². The fraction of sp³-hybridized carbons (Fsp3) is 0.577. The summed E-state index contributed by atoms with van der Waals surface area (Å²) in [5.41, 5.74) is 6.85. The summed E-state index contributed by atoms with van der Waals surface area (Å²) in [6.45, 7) is 4.99. The Morgan fingerprint density at radius 3 is 2.50 bits per heavy atom. The number of hydrogen-bond acceptors (Lipinski definition) is 9. The molecular weight excluding hydrogens is 506 g/mol. The lowest BCUT2D eigenvalue weighted by Gasteiger charge is -2.26. The van der Waals surface area contributed by atoms with E-state index in [0.29, 0.717) is 61.8 Å². The SMILES string of the molecule is CCCCNc1ncc(C(=O)Nc2ccc(S(=O)(=O)N3CCOCC3)cc2)c(NCC2CCC(N)CC2)n1. The number of hydrogen-bond donors (Lipinski definition) is 4. The second kappa shape index (κ2) is 13.3. The van der Waals surface area contributed by atoms with Gasteiger partial charge in [-0.1, -0.05) is 13.3 Å². The van der Waals surface area contributed by atoms with Crippen molar-refractivity contribution >= 4 is 33.4 Å². The Morgan fingerprint density at radius 1 is 1.11 bits per heavy atom. The molecule has 5 N–H and O–H groups in total. The topological polar surface area (TPSA) is 152 Å². The lowest BCUT2D eigenvalue weighted by molar-refractivity contribution is 0.0730. The van der Waals surface area contributed by atoms with E-state index >= 15 is 0 Å². The van der Waals surface area contributed by atoms with Gasteiger partial charge in [0.15, 0.2) is 0 Å². The van der Waals surface area contributed by atoms with Gasteiger partial charge in [0.05, 0.1) is 18.1 Å². The van der Waals surface area contributed by atoms with Crippen LogP contribution in [0.5, 0.6) is 0 Å². The minimum Gasteiger partial charge on any atom is -0.379 e. The maximum atomic E-state index is 13.2. The first kappa shape index (κ1) is 28.2. The van der Waals surface area contributed by atoms with Gasteiger partial charge >= 0.3 is 0 Å². The summed E-state index contributed by atoms with van der Waals surface area (Å²) in [6, 6.07) is 6.46. The van der Waals surface area contributed by atoms with Crippen molar-refractivity contribution < 1.29 is 17.9 Å². The highest BCUT2D eigenvalue weighted by Gasteiger charge is 2.26. The number of nitrogens with two attached hydrogens (primary N) is 1. The Morgan fingerprint density at radius 2 is 1.82 bits per heavy atom. The molecule has 0 atom stereocenters. The molecule has 1 aliphatic carbocycles. The van der Waals surface area contributed by atoms with E-state index in [2.05, 4.69) is 32.8 Å². The van der Waals surface area contributed by atoms with Crippen LogP contribution < -0.4 is 21.7 Å². The van der Waals surface area contributed by atoms with Crippen molar-refractivity contribution in [3.05, 3.63) is 36.0 Å². The number of ether oxygens (including phenoxy) is 1. The number of anilines is 3. The lowest BCUT2D eigenvalue weighted by Crippen LogP contribution is -2.40. The van der Waals surface area contributed by atoms with Gasteiger partial charge in [-0.15, -0.1) is 0 Å². The third-order valence-electron chi connectivity index (χ3n) is 7.02. The van der Waals surface area contributed by atoms with Crippen molar-refractivity contribution in [3.8, 4) is 0 Å². The standard InChI is InChI=1S/C26H39N7O4S/c1-2-3-12-28-26-30-18-23(24(32-26)29-17-19-4-6-20(27)7-5-19)25(34)31-21-8-10-22(11-9-21)38(35,36)33-13-15-37-16-14-33/h8-11,18-20H,2-7,12-17,27H2,1H3,(H,31,34)(H2,28,29,30,32). The smallest absolute Gasteiger partial charge is 0.260 e. The van der Waals surface area contributed by atoms with Crippen molar-refractivity contribution in [2.24, 2.45) is 11.7 Å². The molecule has 2 fully saturated rings. The molecule has 1 saturated carbocycles. The van der Waals surface area contributed by atoms with Gasteiger partial charge in [0, 0.05) is 44.1 Å². The summed E-state index contributed by atoms with van der Waals surface area (Å²) in [6.07, 6.45) is 7.66. The van der Waals surface area contributed by atoms with Crippen LogP contribution in [0, 0.1) is 5.92 Å². The highest BCUT2D eigenvalue weighted by molar-refractivity contribution is 7.89. The maximum Gasteiger partial charge on any atom is 0.260 e. The molecule has 1 amide bonds. The van der Waals surface area contributed by atoms with Gasteiger partial charge in [0.25, 0.3) is 5.91 Å². The fourth-order valence-electron chi connectivity index (χ4n) is 4.62. The van der Waals surface area contributed by atoms with E-state index in [-0.39, 0.29) is 16.8 Å². The molecule has 11 nitrogen and oxygen atoms in total. The lowest BCUT2D eigenvalue weighted by atomic mass is 9.86. The quantitative estimate of drug-likeness (QED) is 0.312. The van der Waals surface area contributed by atoms with Crippen LogP contribution in [0.3, 0.4) is 0 Å². The third kappa shape index (κ3) is 7.40. The van der Waals surface area contributed by atoms with Crippen molar-refractivity contribution in [1.29, 1.82) is 0 Å². The highest BCUT2D eigenvalue weighted by atomic mass is 32.2. The van der Waals surface area contributed by atoms with Crippen molar-refractivity contribution in [2.75, 3.05) is 55.3 Å². The predicted octanol–water partition coefficient (Wildman–Crippen LogP) is 2.89. The molecule has 2 heterocycles. The van der Waals surface area contributed by atoms with Crippen LogP contribution in [0.1, 0.15) is 55.8 Å². The Labute approximate surface area is 225 Å². The normalized spacial score (nSPS) is 20.6. The van der Waals surface area contributed by atoms with Gasteiger partial charge in [-0.2, -0.15) is 9.29 Å². The molecule has 1 aromatic carbocycles. The van der Waals surface area contributed by atoms with E-state index in [1.165, 1.54) is 22.6 Å². The molecule has 0 spiro atoms. The summed E-state index contributed by atoms with van der Waals surface area (Å²) >= 11 is 0. The summed E-state index contributed by atoms with van der Waals surface area (Å²) in [5, 5.41) is 9.43. The van der Waals surface area contributed by atoms with Gasteiger partial charge in [0.2, 0.25) is 16.0 Å². The zero-order valence-electron chi connectivity index (χ0n) is 22.0. The van der Waals surface area contributed by atoms with Crippen LogP contribution in [0.2, 0.25) is 0 Å². The number of aromatic nitrogens is 2. The van der Waals surface area contributed by atoms with Crippen molar-refractivity contribution in [3.63, 3.8) is 0 Å². The van der Waals surface area contributed by atoms with Crippen molar-refractivity contribution in [1.82, 2.24) is 14.3 Å². The molecular formula is C26H39N7O4S. The molecule has 2 aliphatic rings. The monoisotopic (exact) mass is 545 g/mol. The molecule has 2 aromatic rings. The van der Waals surface area contributed by atoms with Crippen LogP contribution in [0.15, 0.2) is 35.4 Å². The average molecular weight is 546 g/mol. The Kier molecular flexibility index (Phi) is 9.89. The first-order valence-corrected chi connectivity index (χ1v) is 14.9. The highest BCUT2D eigenvalue weighted by Crippen LogP contribution is 2.25.